The van der Waals surface area contributed by atoms with E-state index in [1.165, 1.54) is 5.56 Å². The maximum atomic E-state index is 12.4. The molecule has 2 aromatic carbocycles. The first-order chi connectivity index (χ1) is 12.0. The van der Waals surface area contributed by atoms with Crippen LogP contribution in [-0.2, 0) is 16.1 Å². The topological polar surface area (TPSA) is 49.4 Å². The van der Waals surface area contributed by atoms with Crippen LogP contribution in [0.25, 0.3) is 0 Å². The highest BCUT2D eigenvalue weighted by atomic mass is 16.2. The first kappa shape index (κ1) is 17.2. The molecule has 0 aliphatic carbocycles. The number of benzene rings is 2. The Labute approximate surface area is 148 Å². The van der Waals surface area contributed by atoms with Crippen molar-refractivity contribution in [3.8, 4) is 0 Å². The highest BCUT2D eigenvalue weighted by molar-refractivity contribution is 6.00. The van der Waals surface area contributed by atoms with Gasteiger partial charge in [0, 0.05) is 25.2 Å². The van der Waals surface area contributed by atoms with Gasteiger partial charge in [-0.1, -0.05) is 56.3 Å². The monoisotopic (exact) mass is 336 g/mol. The van der Waals surface area contributed by atoms with Crippen LogP contribution >= 0.6 is 0 Å². The second-order valence-corrected chi connectivity index (χ2v) is 6.86. The van der Waals surface area contributed by atoms with E-state index in [2.05, 4.69) is 31.3 Å². The summed E-state index contributed by atoms with van der Waals surface area (Å²) in [6, 6.07) is 17.8. The summed E-state index contributed by atoms with van der Waals surface area (Å²) in [7, 11) is 0. The summed E-state index contributed by atoms with van der Waals surface area (Å²) >= 11 is 0. The van der Waals surface area contributed by atoms with Crippen molar-refractivity contribution < 1.29 is 9.59 Å². The normalized spacial score (nSPS) is 17.2. The van der Waals surface area contributed by atoms with Crippen molar-refractivity contribution in [2.45, 2.75) is 32.7 Å². The average Bonchev–Trinajstić information content (AvgIpc) is 3.02. The summed E-state index contributed by atoms with van der Waals surface area (Å²) in [5.74, 6) is 0.122. The Bertz CT molecular complexity index is 738. The summed E-state index contributed by atoms with van der Waals surface area (Å²) in [4.78, 5) is 26.4. The van der Waals surface area contributed by atoms with Crippen molar-refractivity contribution >= 4 is 17.5 Å². The van der Waals surface area contributed by atoms with Gasteiger partial charge in [-0.05, 0) is 29.2 Å². The lowest BCUT2D eigenvalue weighted by Gasteiger charge is -2.17. The Hall–Kier alpha value is -2.62. The van der Waals surface area contributed by atoms with Gasteiger partial charge in [-0.25, -0.2) is 0 Å². The molecule has 1 aliphatic heterocycles. The lowest BCUT2D eigenvalue weighted by molar-refractivity contribution is -0.126. The van der Waals surface area contributed by atoms with Gasteiger partial charge in [0.1, 0.15) is 0 Å². The van der Waals surface area contributed by atoms with Gasteiger partial charge in [0.2, 0.25) is 11.8 Å². The molecule has 1 heterocycles. The number of rotatable bonds is 5. The zero-order valence-electron chi connectivity index (χ0n) is 14.7. The van der Waals surface area contributed by atoms with Crippen LogP contribution in [0.4, 0.5) is 5.69 Å². The molecular weight excluding hydrogens is 312 g/mol. The molecule has 1 fully saturated rings. The summed E-state index contributed by atoms with van der Waals surface area (Å²) in [5.41, 5.74) is 3.17. The SMILES string of the molecule is CC(C)c1ccc(N2C[C@H](C(=O)NCc3ccccc3)CC2=O)cc1. The van der Waals surface area contributed by atoms with E-state index in [0.29, 0.717) is 19.0 Å². The summed E-state index contributed by atoms with van der Waals surface area (Å²) in [5, 5.41) is 2.94. The molecule has 0 bridgehead atoms. The minimum atomic E-state index is -0.291. The molecule has 130 valence electrons. The minimum absolute atomic E-state index is 0.0113. The van der Waals surface area contributed by atoms with E-state index in [-0.39, 0.29) is 24.2 Å². The summed E-state index contributed by atoms with van der Waals surface area (Å²) in [6.07, 6.45) is 0.270. The lowest BCUT2D eigenvalue weighted by atomic mass is 10.0. The molecule has 0 spiro atoms. The van der Waals surface area contributed by atoms with Crippen LogP contribution in [0.15, 0.2) is 54.6 Å². The van der Waals surface area contributed by atoms with Crippen LogP contribution in [-0.4, -0.2) is 18.4 Å². The Morgan fingerprint density at radius 2 is 1.80 bits per heavy atom. The molecule has 1 aliphatic rings. The van der Waals surface area contributed by atoms with E-state index < -0.39 is 0 Å². The number of hydrogen-bond donors (Lipinski definition) is 1. The fourth-order valence-corrected chi connectivity index (χ4v) is 3.10. The molecule has 4 heteroatoms. The van der Waals surface area contributed by atoms with Gasteiger partial charge in [0.25, 0.3) is 0 Å². The molecular formula is C21H24N2O2. The predicted octanol–water partition coefficient (Wildman–Crippen LogP) is 3.48. The summed E-state index contributed by atoms with van der Waals surface area (Å²) in [6.45, 7) is 5.22. The second kappa shape index (κ2) is 7.51. The average molecular weight is 336 g/mol. The number of carbonyl (C=O) groups excluding carboxylic acids is 2. The molecule has 1 saturated heterocycles. The molecule has 0 unspecified atom stereocenters. The van der Waals surface area contributed by atoms with Crippen LogP contribution < -0.4 is 10.2 Å². The molecule has 0 radical (unpaired) electrons. The number of nitrogens with zero attached hydrogens (tertiary/aromatic N) is 1. The van der Waals surface area contributed by atoms with Gasteiger partial charge < -0.3 is 10.2 Å². The smallest absolute Gasteiger partial charge is 0.227 e. The molecule has 0 aromatic heterocycles. The Morgan fingerprint density at radius 3 is 2.44 bits per heavy atom. The molecule has 25 heavy (non-hydrogen) atoms. The molecule has 2 amide bonds. The van der Waals surface area contributed by atoms with Gasteiger partial charge in [-0.15, -0.1) is 0 Å². The standard InChI is InChI=1S/C21H24N2O2/c1-15(2)17-8-10-19(11-9-17)23-14-18(12-20(23)24)21(25)22-13-16-6-4-3-5-7-16/h3-11,15,18H,12-14H2,1-2H3,(H,22,25)/t18-/m1/s1. The Morgan fingerprint density at radius 1 is 1.12 bits per heavy atom. The van der Waals surface area contributed by atoms with Crippen molar-refractivity contribution in [2.75, 3.05) is 11.4 Å². The number of hydrogen-bond acceptors (Lipinski definition) is 2. The van der Waals surface area contributed by atoms with E-state index in [4.69, 9.17) is 0 Å². The molecule has 0 saturated carbocycles. The van der Waals surface area contributed by atoms with Gasteiger partial charge in [0.05, 0.1) is 5.92 Å². The lowest BCUT2D eigenvalue weighted by Crippen LogP contribution is -2.32. The van der Waals surface area contributed by atoms with Crippen molar-refractivity contribution in [1.82, 2.24) is 5.32 Å². The molecule has 4 nitrogen and oxygen atoms in total. The maximum Gasteiger partial charge on any atom is 0.227 e. The van der Waals surface area contributed by atoms with Gasteiger partial charge in [-0.3, -0.25) is 9.59 Å². The first-order valence-corrected chi connectivity index (χ1v) is 8.76. The van der Waals surface area contributed by atoms with E-state index >= 15 is 0 Å². The number of anilines is 1. The van der Waals surface area contributed by atoms with Crippen molar-refractivity contribution in [3.63, 3.8) is 0 Å². The maximum absolute atomic E-state index is 12.4. The van der Waals surface area contributed by atoms with Crippen molar-refractivity contribution in [1.29, 1.82) is 0 Å². The number of carbonyl (C=O) groups is 2. The fraction of sp³-hybridized carbons (Fsp3) is 0.333. The molecule has 1 atom stereocenters. The van der Waals surface area contributed by atoms with E-state index in [1.807, 2.05) is 42.5 Å². The quantitative estimate of drug-likeness (QED) is 0.909. The Kier molecular flexibility index (Phi) is 5.17. The third-order valence-corrected chi connectivity index (χ3v) is 4.68. The first-order valence-electron chi connectivity index (χ1n) is 8.76. The van der Waals surface area contributed by atoms with Crippen LogP contribution in [0.5, 0.6) is 0 Å². The van der Waals surface area contributed by atoms with Crippen LogP contribution in [0.2, 0.25) is 0 Å². The van der Waals surface area contributed by atoms with E-state index in [9.17, 15) is 9.59 Å². The zero-order valence-corrected chi connectivity index (χ0v) is 14.7. The highest BCUT2D eigenvalue weighted by Gasteiger charge is 2.34. The van der Waals surface area contributed by atoms with Crippen LogP contribution in [0.1, 0.15) is 37.3 Å². The zero-order chi connectivity index (χ0) is 17.8. The number of nitrogens with one attached hydrogen (secondary N) is 1. The third kappa shape index (κ3) is 4.08. The predicted molar refractivity (Wildman–Crippen MR) is 99.3 cm³/mol. The molecule has 2 aromatic rings. The van der Waals surface area contributed by atoms with Crippen molar-refractivity contribution in [3.05, 3.63) is 65.7 Å². The molecule has 1 N–H and O–H groups in total. The van der Waals surface area contributed by atoms with Gasteiger partial charge in [-0.2, -0.15) is 0 Å². The second-order valence-electron chi connectivity index (χ2n) is 6.86. The van der Waals surface area contributed by atoms with Gasteiger partial charge in [0.15, 0.2) is 0 Å². The number of amides is 2. The minimum Gasteiger partial charge on any atom is -0.352 e. The Balaban J connectivity index is 1.60. The van der Waals surface area contributed by atoms with E-state index in [0.717, 1.165) is 11.3 Å². The van der Waals surface area contributed by atoms with E-state index in [1.54, 1.807) is 4.90 Å². The van der Waals surface area contributed by atoms with Crippen LogP contribution in [0.3, 0.4) is 0 Å². The highest BCUT2D eigenvalue weighted by Crippen LogP contribution is 2.27. The fourth-order valence-electron chi connectivity index (χ4n) is 3.10. The van der Waals surface area contributed by atoms with Crippen molar-refractivity contribution in [2.24, 2.45) is 5.92 Å². The van der Waals surface area contributed by atoms with Gasteiger partial charge >= 0.3 is 0 Å². The summed E-state index contributed by atoms with van der Waals surface area (Å²) < 4.78 is 0. The van der Waals surface area contributed by atoms with Crippen LogP contribution in [0, 0.1) is 5.92 Å². The third-order valence-electron chi connectivity index (χ3n) is 4.68. The largest absolute Gasteiger partial charge is 0.352 e. The molecule has 3 rings (SSSR count).